The molecule has 17 heavy (non-hydrogen) atoms. The summed E-state index contributed by atoms with van der Waals surface area (Å²) in [5, 5.41) is 4.20. The molecular weight excluding hydrogens is 306 g/mol. The van der Waals surface area contributed by atoms with Crippen molar-refractivity contribution in [2.45, 2.75) is 25.9 Å². The van der Waals surface area contributed by atoms with Crippen molar-refractivity contribution in [1.29, 1.82) is 0 Å². The fraction of sp³-hybridized carbons (Fsp3) is 0.700. The molecule has 0 radical (unpaired) electrons. The van der Waals surface area contributed by atoms with E-state index in [0.717, 1.165) is 16.7 Å². The molecule has 7 heteroatoms. The molecule has 0 bridgehead atoms. The topological polar surface area (TPSA) is 78.0 Å². The summed E-state index contributed by atoms with van der Waals surface area (Å²) >= 11 is 3.42. The standard InChI is InChI=1S/C10H16BrN3O2S/c1-2-14-10(8(11)5-13-14)9(12)7-3-4-17(15,16)6-7/h5,7,9H,2-4,6,12H2,1H3. The van der Waals surface area contributed by atoms with Gasteiger partial charge < -0.3 is 5.73 Å². The summed E-state index contributed by atoms with van der Waals surface area (Å²) in [5.41, 5.74) is 7.09. The molecule has 2 N–H and O–H groups in total. The van der Waals surface area contributed by atoms with Gasteiger partial charge in [0.15, 0.2) is 9.84 Å². The third-order valence-electron chi connectivity index (χ3n) is 3.22. The van der Waals surface area contributed by atoms with Crippen molar-refractivity contribution in [2.75, 3.05) is 11.5 Å². The summed E-state index contributed by atoms with van der Waals surface area (Å²) in [5.74, 6) is 0.442. The minimum absolute atomic E-state index is 0.00157. The van der Waals surface area contributed by atoms with Crippen LogP contribution in [-0.4, -0.2) is 29.7 Å². The van der Waals surface area contributed by atoms with Crippen LogP contribution in [0.3, 0.4) is 0 Å². The second-order valence-electron chi connectivity index (χ2n) is 4.38. The summed E-state index contributed by atoms with van der Waals surface area (Å²) in [6.45, 7) is 2.72. The monoisotopic (exact) mass is 321 g/mol. The molecule has 1 aromatic heterocycles. The van der Waals surface area contributed by atoms with Gasteiger partial charge in [-0.2, -0.15) is 5.10 Å². The number of aromatic nitrogens is 2. The third-order valence-corrected chi connectivity index (χ3v) is 5.63. The van der Waals surface area contributed by atoms with E-state index in [-0.39, 0.29) is 23.5 Å². The first-order valence-corrected chi connectivity index (χ1v) is 8.23. The van der Waals surface area contributed by atoms with Crippen LogP contribution in [0.5, 0.6) is 0 Å². The molecule has 2 unspecified atom stereocenters. The molecule has 0 saturated carbocycles. The predicted molar refractivity (Wildman–Crippen MR) is 69.3 cm³/mol. The van der Waals surface area contributed by atoms with Crippen LogP contribution in [0, 0.1) is 5.92 Å². The van der Waals surface area contributed by atoms with E-state index in [2.05, 4.69) is 21.0 Å². The van der Waals surface area contributed by atoms with E-state index >= 15 is 0 Å². The van der Waals surface area contributed by atoms with Crippen LogP contribution in [0.1, 0.15) is 25.1 Å². The lowest BCUT2D eigenvalue weighted by atomic mass is 9.97. The fourth-order valence-corrected chi connectivity index (χ4v) is 4.70. The summed E-state index contributed by atoms with van der Waals surface area (Å²) < 4.78 is 25.6. The van der Waals surface area contributed by atoms with Crippen LogP contribution in [0.25, 0.3) is 0 Å². The van der Waals surface area contributed by atoms with Gasteiger partial charge in [0.1, 0.15) is 0 Å². The Morgan fingerprint density at radius 3 is 2.94 bits per heavy atom. The SMILES string of the molecule is CCn1ncc(Br)c1C(N)C1CCS(=O)(=O)C1. The van der Waals surface area contributed by atoms with Gasteiger partial charge in [0, 0.05) is 6.54 Å². The number of aryl methyl sites for hydroxylation is 1. The van der Waals surface area contributed by atoms with Crippen molar-refractivity contribution < 1.29 is 8.42 Å². The molecule has 1 aliphatic rings. The zero-order valence-electron chi connectivity index (χ0n) is 9.63. The Kier molecular flexibility index (Phi) is 3.61. The predicted octanol–water partition coefficient (Wildman–Crippen LogP) is 1.10. The first kappa shape index (κ1) is 13.0. The van der Waals surface area contributed by atoms with Crippen LogP contribution < -0.4 is 5.73 Å². The van der Waals surface area contributed by atoms with E-state index in [9.17, 15) is 8.42 Å². The van der Waals surface area contributed by atoms with E-state index < -0.39 is 9.84 Å². The summed E-state index contributed by atoms with van der Waals surface area (Å²) in [4.78, 5) is 0. The highest BCUT2D eigenvalue weighted by Gasteiger charge is 2.34. The van der Waals surface area contributed by atoms with E-state index in [1.54, 1.807) is 6.20 Å². The van der Waals surface area contributed by atoms with Crippen LogP contribution >= 0.6 is 15.9 Å². The maximum atomic E-state index is 11.5. The van der Waals surface area contributed by atoms with Crippen molar-refractivity contribution in [3.8, 4) is 0 Å². The highest BCUT2D eigenvalue weighted by molar-refractivity contribution is 9.10. The number of nitrogens with zero attached hydrogens (tertiary/aromatic N) is 2. The van der Waals surface area contributed by atoms with Gasteiger partial charge in [0.25, 0.3) is 0 Å². The molecule has 1 saturated heterocycles. The maximum absolute atomic E-state index is 11.5. The Balaban J connectivity index is 2.25. The molecule has 2 heterocycles. The van der Waals surface area contributed by atoms with E-state index in [4.69, 9.17) is 5.73 Å². The molecule has 1 aromatic rings. The first-order chi connectivity index (χ1) is 7.94. The van der Waals surface area contributed by atoms with Crippen molar-refractivity contribution in [1.82, 2.24) is 9.78 Å². The molecule has 1 fully saturated rings. The van der Waals surface area contributed by atoms with Crippen LogP contribution in [0.4, 0.5) is 0 Å². The molecule has 0 aromatic carbocycles. The zero-order chi connectivity index (χ0) is 12.6. The molecule has 96 valence electrons. The van der Waals surface area contributed by atoms with Gasteiger partial charge in [0.05, 0.1) is 33.9 Å². The summed E-state index contributed by atoms with van der Waals surface area (Å²) in [6.07, 6.45) is 2.35. The lowest BCUT2D eigenvalue weighted by Gasteiger charge is -2.19. The lowest BCUT2D eigenvalue weighted by Crippen LogP contribution is -2.25. The van der Waals surface area contributed by atoms with Gasteiger partial charge in [0.2, 0.25) is 0 Å². The smallest absolute Gasteiger partial charge is 0.150 e. The second kappa shape index (κ2) is 4.70. The Morgan fingerprint density at radius 2 is 2.41 bits per heavy atom. The van der Waals surface area contributed by atoms with Gasteiger partial charge >= 0.3 is 0 Å². The fourth-order valence-electron chi connectivity index (χ4n) is 2.29. The van der Waals surface area contributed by atoms with Crippen LogP contribution in [0.15, 0.2) is 10.7 Å². The molecule has 2 rings (SSSR count). The molecule has 0 aliphatic carbocycles. The number of nitrogens with two attached hydrogens (primary N) is 1. The minimum atomic E-state index is -2.89. The van der Waals surface area contributed by atoms with E-state index in [1.165, 1.54) is 0 Å². The lowest BCUT2D eigenvalue weighted by molar-refractivity contribution is 0.442. The van der Waals surface area contributed by atoms with Gasteiger partial charge in [-0.1, -0.05) is 0 Å². The number of hydrogen-bond acceptors (Lipinski definition) is 4. The van der Waals surface area contributed by atoms with Gasteiger partial charge in [-0.3, -0.25) is 4.68 Å². The molecule has 0 amide bonds. The number of hydrogen-bond donors (Lipinski definition) is 1. The second-order valence-corrected chi connectivity index (χ2v) is 7.47. The molecule has 2 atom stereocenters. The molecule has 1 aliphatic heterocycles. The maximum Gasteiger partial charge on any atom is 0.150 e. The van der Waals surface area contributed by atoms with Crippen LogP contribution in [-0.2, 0) is 16.4 Å². The molecule has 5 nitrogen and oxygen atoms in total. The Morgan fingerprint density at radius 1 is 1.71 bits per heavy atom. The van der Waals surface area contributed by atoms with Gasteiger partial charge in [-0.15, -0.1) is 0 Å². The summed E-state index contributed by atoms with van der Waals surface area (Å²) in [6, 6.07) is -0.274. The molecular formula is C10H16BrN3O2S. The highest BCUT2D eigenvalue weighted by atomic mass is 79.9. The van der Waals surface area contributed by atoms with Gasteiger partial charge in [-0.25, -0.2) is 8.42 Å². The van der Waals surface area contributed by atoms with Gasteiger partial charge in [-0.05, 0) is 35.2 Å². The first-order valence-electron chi connectivity index (χ1n) is 5.62. The Labute approximate surface area is 109 Å². The highest BCUT2D eigenvalue weighted by Crippen LogP contribution is 2.33. The zero-order valence-corrected chi connectivity index (χ0v) is 12.0. The van der Waals surface area contributed by atoms with Crippen molar-refractivity contribution >= 4 is 25.8 Å². The number of rotatable bonds is 3. The summed E-state index contributed by atoms with van der Waals surface area (Å²) in [7, 11) is -2.89. The average Bonchev–Trinajstić information content (AvgIpc) is 2.80. The van der Waals surface area contributed by atoms with Crippen molar-refractivity contribution in [3.63, 3.8) is 0 Å². The number of halogens is 1. The average molecular weight is 322 g/mol. The quantitative estimate of drug-likeness (QED) is 0.904. The minimum Gasteiger partial charge on any atom is -0.322 e. The van der Waals surface area contributed by atoms with Crippen molar-refractivity contribution in [3.05, 3.63) is 16.4 Å². The number of sulfone groups is 1. The van der Waals surface area contributed by atoms with E-state index in [0.29, 0.717) is 6.42 Å². The Bertz CT molecular complexity index is 512. The van der Waals surface area contributed by atoms with E-state index in [1.807, 2.05) is 11.6 Å². The van der Waals surface area contributed by atoms with Crippen molar-refractivity contribution in [2.24, 2.45) is 11.7 Å². The molecule has 0 spiro atoms. The largest absolute Gasteiger partial charge is 0.322 e. The Hall–Kier alpha value is -0.400. The third kappa shape index (κ3) is 2.56. The van der Waals surface area contributed by atoms with Crippen LogP contribution in [0.2, 0.25) is 0 Å². The normalized spacial score (nSPS) is 25.0.